The number of anilines is 1. The second kappa shape index (κ2) is 7.11. The first-order chi connectivity index (χ1) is 10.5. The van der Waals surface area contributed by atoms with Crippen molar-refractivity contribution < 1.29 is 4.79 Å². The van der Waals surface area contributed by atoms with Gasteiger partial charge in [0.1, 0.15) is 0 Å². The lowest BCUT2D eigenvalue weighted by Gasteiger charge is -2.16. The van der Waals surface area contributed by atoms with Crippen LogP contribution in [0.5, 0.6) is 0 Å². The second-order valence-electron chi connectivity index (χ2n) is 5.99. The smallest absolute Gasteiger partial charge is 0.319 e. The van der Waals surface area contributed by atoms with E-state index >= 15 is 0 Å². The van der Waals surface area contributed by atoms with E-state index in [2.05, 4.69) is 34.7 Å². The third-order valence-electron chi connectivity index (χ3n) is 3.48. The molecule has 5 heteroatoms. The molecule has 0 bridgehead atoms. The van der Waals surface area contributed by atoms with Crippen molar-refractivity contribution in [1.29, 1.82) is 0 Å². The van der Waals surface area contributed by atoms with Crippen LogP contribution in [0.3, 0.4) is 0 Å². The molecule has 2 aromatic rings. The number of carbonyl (C=O) groups is 1. The number of benzene rings is 1. The van der Waals surface area contributed by atoms with Crippen molar-refractivity contribution in [1.82, 2.24) is 15.5 Å². The third kappa shape index (κ3) is 4.35. The Bertz CT molecular complexity index is 633. The van der Waals surface area contributed by atoms with Crippen LogP contribution in [0, 0.1) is 6.92 Å². The van der Waals surface area contributed by atoms with Crippen LogP contribution in [-0.2, 0) is 6.42 Å². The minimum absolute atomic E-state index is 0.00825. The zero-order valence-electron chi connectivity index (χ0n) is 13.6. The van der Waals surface area contributed by atoms with Crippen LogP contribution >= 0.6 is 0 Å². The molecule has 0 saturated heterocycles. The molecule has 1 aromatic carbocycles. The molecule has 0 aliphatic carbocycles. The van der Waals surface area contributed by atoms with Gasteiger partial charge in [0.05, 0.1) is 5.69 Å². The van der Waals surface area contributed by atoms with Crippen LogP contribution in [0.2, 0.25) is 0 Å². The van der Waals surface area contributed by atoms with E-state index in [-0.39, 0.29) is 12.1 Å². The Labute approximate surface area is 131 Å². The molecule has 0 aliphatic rings. The van der Waals surface area contributed by atoms with E-state index in [4.69, 9.17) is 0 Å². The van der Waals surface area contributed by atoms with Crippen molar-refractivity contribution in [3.8, 4) is 0 Å². The lowest BCUT2D eigenvalue weighted by Crippen LogP contribution is -2.37. The number of hydrogen-bond donors (Lipinski definition) is 3. The standard InChI is InChI=1S/C17H24N4O/c1-11(2)15-7-5-6-8-16(15)19-17(22)18-12(3)9-14-10-13(4)20-21-14/h5-8,10-12H,9H2,1-4H3,(H,20,21)(H2,18,19,22)/t12-/m1/s1. The molecule has 0 radical (unpaired) electrons. The normalized spacial score (nSPS) is 12.2. The first-order valence-electron chi connectivity index (χ1n) is 7.63. The van der Waals surface area contributed by atoms with Gasteiger partial charge >= 0.3 is 6.03 Å². The largest absolute Gasteiger partial charge is 0.335 e. The van der Waals surface area contributed by atoms with Crippen LogP contribution in [0.25, 0.3) is 0 Å². The van der Waals surface area contributed by atoms with Crippen molar-refractivity contribution in [2.24, 2.45) is 0 Å². The summed E-state index contributed by atoms with van der Waals surface area (Å²) in [6.45, 7) is 8.16. The summed E-state index contributed by atoms with van der Waals surface area (Å²) < 4.78 is 0. The first-order valence-corrected chi connectivity index (χ1v) is 7.63. The first kappa shape index (κ1) is 16.1. The van der Waals surface area contributed by atoms with Gasteiger partial charge in [-0.25, -0.2) is 4.79 Å². The van der Waals surface area contributed by atoms with Gasteiger partial charge in [0, 0.05) is 23.8 Å². The summed E-state index contributed by atoms with van der Waals surface area (Å²) in [5.41, 5.74) is 3.97. The maximum atomic E-state index is 12.1. The minimum Gasteiger partial charge on any atom is -0.335 e. The van der Waals surface area contributed by atoms with Gasteiger partial charge in [0.25, 0.3) is 0 Å². The SMILES string of the molecule is Cc1cc(C[C@@H](C)NC(=O)Nc2ccccc2C(C)C)n[nH]1. The molecule has 2 amide bonds. The number of hydrogen-bond acceptors (Lipinski definition) is 2. The fourth-order valence-corrected chi connectivity index (χ4v) is 2.44. The monoisotopic (exact) mass is 300 g/mol. The van der Waals surface area contributed by atoms with Crippen molar-refractivity contribution in [3.63, 3.8) is 0 Å². The van der Waals surface area contributed by atoms with Crippen LogP contribution < -0.4 is 10.6 Å². The number of aromatic nitrogens is 2. The van der Waals surface area contributed by atoms with Crippen LogP contribution in [-0.4, -0.2) is 22.3 Å². The molecule has 0 aliphatic heterocycles. The van der Waals surface area contributed by atoms with Crippen molar-refractivity contribution in [2.45, 2.75) is 46.1 Å². The molecule has 5 nitrogen and oxygen atoms in total. The topological polar surface area (TPSA) is 69.8 Å². The average molecular weight is 300 g/mol. The summed E-state index contributed by atoms with van der Waals surface area (Å²) in [5, 5.41) is 13.0. The number of H-pyrrole nitrogens is 1. The Kier molecular flexibility index (Phi) is 5.20. The van der Waals surface area contributed by atoms with Gasteiger partial charge in [-0.3, -0.25) is 5.10 Å². The molecule has 118 valence electrons. The zero-order valence-corrected chi connectivity index (χ0v) is 13.6. The Morgan fingerprint density at radius 2 is 2.00 bits per heavy atom. The summed E-state index contributed by atoms with van der Waals surface area (Å²) in [6, 6.07) is 9.69. The Balaban J connectivity index is 1.92. The molecule has 0 unspecified atom stereocenters. The van der Waals surface area contributed by atoms with E-state index in [1.807, 2.05) is 44.2 Å². The molecule has 22 heavy (non-hydrogen) atoms. The molecule has 0 spiro atoms. The van der Waals surface area contributed by atoms with Crippen LogP contribution in [0.15, 0.2) is 30.3 Å². The summed E-state index contributed by atoms with van der Waals surface area (Å²) in [5.74, 6) is 0.362. The molecule has 0 saturated carbocycles. The van der Waals surface area contributed by atoms with Gasteiger partial charge in [-0.05, 0) is 37.5 Å². The molecule has 2 rings (SSSR count). The van der Waals surface area contributed by atoms with Gasteiger partial charge in [0.15, 0.2) is 0 Å². The van der Waals surface area contributed by atoms with Crippen molar-refractivity contribution in [2.75, 3.05) is 5.32 Å². The molecule has 3 N–H and O–H groups in total. The highest BCUT2D eigenvalue weighted by Crippen LogP contribution is 2.23. The van der Waals surface area contributed by atoms with Crippen LogP contribution in [0.1, 0.15) is 43.6 Å². The van der Waals surface area contributed by atoms with Crippen LogP contribution in [0.4, 0.5) is 10.5 Å². The molecular weight excluding hydrogens is 276 g/mol. The number of carbonyl (C=O) groups excluding carboxylic acids is 1. The van der Waals surface area contributed by atoms with E-state index < -0.39 is 0 Å². The fraction of sp³-hybridized carbons (Fsp3) is 0.412. The van der Waals surface area contributed by atoms with Gasteiger partial charge < -0.3 is 10.6 Å². The van der Waals surface area contributed by atoms with Gasteiger partial charge in [0.2, 0.25) is 0 Å². The van der Waals surface area contributed by atoms with Gasteiger partial charge in [-0.15, -0.1) is 0 Å². The fourth-order valence-electron chi connectivity index (χ4n) is 2.44. The lowest BCUT2D eigenvalue weighted by atomic mass is 10.0. The van der Waals surface area contributed by atoms with E-state index in [0.29, 0.717) is 12.3 Å². The number of aromatic amines is 1. The summed E-state index contributed by atoms with van der Waals surface area (Å²) in [4.78, 5) is 12.1. The number of urea groups is 1. The van der Waals surface area contributed by atoms with E-state index in [0.717, 1.165) is 22.6 Å². The Morgan fingerprint density at radius 1 is 1.27 bits per heavy atom. The number of nitrogens with zero attached hydrogens (tertiary/aromatic N) is 1. The predicted molar refractivity (Wildman–Crippen MR) is 89.2 cm³/mol. The maximum Gasteiger partial charge on any atom is 0.319 e. The number of amides is 2. The number of para-hydroxylation sites is 1. The van der Waals surface area contributed by atoms with E-state index in [1.54, 1.807) is 0 Å². The maximum absolute atomic E-state index is 12.1. The minimum atomic E-state index is -0.187. The highest BCUT2D eigenvalue weighted by molar-refractivity contribution is 5.90. The lowest BCUT2D eigenvalue weighted by molar-refractivity contribution is 0.249. The third-order valence-corrected chi connectivity index (χ3v) is 3.48. The van der Waals surface area contributed by atoms with E-state index in [1.165, 1.54) is 0 Å². The van der Waals surface area contributed by atoms with Crippen molar-refractivity contribution in [3.05, 3.63) is 47.3 Å². The number of aryl methyl sites for hydroxylation is 1. The second-order valence-corrected chi connectivity index (χ2v) is 5.99. The quantitative estimate of drug-likeness (QED) is 0.789. The van der Waals surface area contributed by atoms with Gasteiger partial charge in [-0.2, -0.15) is 5.10 Å². The highest BCUT2D eigenvalue weighted by Gasteiger charge is 2.12. The number of nitrogens with one attached hydrogen (secondary N) is 3. The summed E-state index contributed by atoms with van der Waals surface area (Å²) in [6.07, 6.45) is 0.698. The Morgan fingerprint density at radius 3 is 2.64 bits per heavy atom. The molecule has 1 heterocycles. The highest BCUT2D eigenvalue weighted by atomic mass is 16.2. The molecular formula is C17H24N4O. The molecule has 0 fully saturated rings. The van der Waals surface area contributed by atoms with Crippen molar-refractivity contribution >= 4 is 11.7 Å². The van der Waals surface area contributed by atoms with Gasteiger partial charge in [-0.1, -0.05) is 32.0 Å². The number of rotatable bonds is 5. The average Bonchev–Trinajstić information content (AvgIpc) is 2.83. The summed E-state index contributed by atoms with van der Waals surface area (Å²) >= 11 is 0. The predicted octanol–water partition coefficient (Wildman–Crippen LogP) is 3.59. The Hall–Kier alpha value is -2.30. The summed E-state index contributed by atoms with van der Waals surface area (Å²) in [7, 11) is 0. The van der Waals surface area contributed by atoms with E-state index in [9.17, 15) is 4.79 Å². The zero-order chi connectivity index (χ0) is 16.1. The molecule has 1 aromatic heterocycles. The molecule has 1 atom stereocenters.